The Labute approximate surface area is 151 Å². The van der Waals surface area contributed by atoms with Gasteiger partial charge < -0.3 is 11.1 Å². The number of nitrogens with two attached hydrogens (primary N) is 1. The molecule has 6 nitrogen and oxygen atoms in total. The van der Waals surface area contributed by atoms with E-state index in [1.165, 1.54) is 34.4 Å². The summed E-state index contributed by atoms with van der Waals surface area (Å²) in [5.74, 6) is -0.0924. The minimum Gasteiger partial charge on any atom is -0.374 e. The van der Waals surface area contributed by atoms with Crippen molar-refractivity contribution in [3.8, 4) is 11.3 Å². The molecule has 3 rings (SSSR count). The smallest absolute Gasteiger partial charge is 0.239 e. The number of nitrogen functional groups attached to an aromatic ring is 1. The first-order valence-electron chi connectivity index (χ1n) is 7.23. The van der Waals surface area contributed by atoms with Gasteiger partial charge in [-0.25, -0.2) is 4.98 Å². The molecule has 24 heavy (non-hydrogen) atoms. The van der Waals surface area contributed by atoms with Crippen LogP contribution in [0.25, 0.3) is 11.3 Å². The maximum absolute atomic E-state index is 12.5. The molecule has 9 heteroatoms. The van der Waals surface area contributed by atoms with E-state index in [0.29, 0.717) is 21.0 Å². The van der Waals surface area contributed by atoms with E-state index in [2.05, 4.69) is 20.5 Å². The van der Waals surface area contributed by atoms with Crippen LogP contribution in [0.2, 0.25) is 0 Å². The molecule has 0 bridgehead atoms. The fraction of sp³-hybridized carbons (Fsp3) is 0.200. The predicted molar refractivity (Wildman–Crippen MR) is 100 cm³/mol. The Hall–Kier alpha value is -1.97. The number of anilines is 2. The molecule has 3 N–H and O–H groups in total. The molecule has 0 unspecified atom stereocenters. The molecule has 0 aliphatic rings. The lowest BCUT2D eigenvalue weighted by Gasteiger charge is -2.11. The fourth-order valence-corrected chi connectivity index (χ4v) is 4.50. The Bertz CT molecular complexity index is 817. The van der Waals surface area contributed by atoms with Crippen LogP contribution in [0, 0.1) is 0 Å². The largest absolute Gasteiger partial charge is 0.374 e. The third-order valence-corrected chi connectivity index (χ3v) is 6.09. The molecule has 2 heterocycles. The topological polar surface area (TPSA) is 93.8 Å². The zero-order chi connectivity index (χ0) is 16.9. The third-order valence-electron chi connectivity index (χ3n) is 3.13. The van der Waals surface area contributed by atoms with E-state index >= 15 is 0 Å². The molecule has 3 aromatic rings. The Morgan fingerprint density at radius 2 is 2.12 bits per heavy atom. The van der Waals surface area contributed by atoms with E-state index in [-0.39, 0.29) is 11.2 Å². The summed E-state index contributed by atoms with van der Waals surface area (Å²) in [6.45, 7) is 1.96. The molecule has 0 aliphatic carbocycles. The van der Waals surface area contributed by atoms with Crippen molar-refractivity contribution in [2.75, 3.05) is 11.1 Å². The number of hydrogen-bond donors (Lipinski definition) is 2. The highest BCUT2D eigenvalue weighted by Crippen LogP contribution is 2.30. The Balaban J connectivity index is 1.66. The van der Waals surface area contributed by atoms with Gasteiger partial charge in [0.2, 0.25) is 11.0 Å². The molecule has 0 saturated carbocycles. The zero-order valence-electron chi connectivity index (χ0n) is 12.8. The number of nitrogens with one attached hydrogen (secondary N) is 1. The monoisotopic (exact) mass is 377 g/mol. The van der Waals surface area contributed by atoms with Crippen LogP contribution in [-0.2, 0) is 4.79 Å². The number of benzene rings is 1. The van der Waals surface area contributed by atoms with Gasteiger partial charge in [-0.15, -0.1) is 21.5 Å². The molecule has 1 aromatic carbocycles. The first kappa shape index (κ1) is 16.9. The number of thiazole rings is 1. The van der Waals surface area contributed by atoms with Crippen LogP contribution in [0.3, 0.4) is 0 Å². The molecular formula is C15H15N5OS3. The molecule has 0 radical (unpaired) electrons. The van der Waals surface area contributed by atoms with E-state index in [9.17, 15) is 4.79 Å². The van der Waals surface area contributed by atoms with Crippen molar-refractivity contribution in [2.24, 2.45) is 0 Å². The Kier molecular flexibility index (Phi) is 5.44. The summed E-state index contributed by atoms with van der Waals surface area (Å²) in [5.41, 5.74) is 7.46. The number of aromatic nitrogens is 3. The average Bonchev–Trinajstić information content (AvgIpc) is 3.22. The van der Waals surface area contributed by atoms with Crippen LogP contribution in [0.1, 0.15) is 13.3 Å². The summed E-state index contributed by atoms with van der Waals surface area (Å²) in [5, 5.41) is 13.3. The lowest BCUT2D eigenvalue weighted by Crippen LogP contribution is -2.24. The number of nitrogens with zero attached hydrogens (tertiary/aromatic N) is 3. The molecular weight excluding hydrogens is 362 g/mol. The fourth-order valence-electron chi connectivity index (χ4n) is 1.97. The number of rotatable bonds is 6. The normalized spacial score (nSPS) is 12.0. The van der Waals surface area contributed by atoms with E-state index in [0.717, 1.165) is 11.3 Å². The summed E-state index contributed by atoms with van der Waals surface area (Å²) in [4.78, 5) is 16.9. The van der Waals surface area contributed by atoms with Crippen LogP contribution in [0.5, 0.6) is 0 Å². The van der Waals surface area contributed by atoms with E-state index < -0.39 is 0 Å². The molecule has 0 aliphatic heterocycles. The first-order chi connectivity index (χ1) is 11.7. The quantitative estimate of drug-likeness (QED) is 0.635. The zero-order valence-corrected chi connectivity index (χ0v) is 15.3. The minimum atomic E-state index is -0.263. The van der Waals surface area contributed by atoms with Gasteiger partial charge in [-0.2, -0.15) is 0 Å². The molecule has 124 valence electrons. The van der Waals surface area contributed by atoms with Gasteiger partial charge in [0, 0.05) is 10.9 Å². The van der Waals surface area contributed by atoms with E-state index in [1.54, 1.807) is 0 Å². The standard InChI is InChI=1S/C15H15N5OS3/c1-2-11(23-15-20-19-13(16)24-15)12(21)18-14-17-10(8-22-14)9-6-4-3-5-7-9/h3-8,11H,2H2,1H3,(H2,16,19)(H,17,18,21)/t11-/m0/s1. The molecule has 2 aromatic heterocycles. The lowest BCUT2D eigenvalue weighted by atomic mass is 10.2. The number of carbonyl (C=O) groups excluding carboxylic acids is 1. The summed E-state index contributed by atoms with van der Waals surface area (Å²) in [6.07, 6.45) is 0.674. The van der Waals surface area contributed by atoms with Crippen LogP contribution in [0.4, 0.5) is 10.3 Å². The SMILES string of the molecule is CC[C@H](Sc1nnc(N)s1)C(=O)Nc1nc(-c2ccccc2)cs1. The molecule has 0 saturated heterocycles. The number of thioether (sulfide) groups is 1. The van der Waals surface area contributed by atoms with Gasteiger partial charge in [0.05, 0.1) is 10.9 Å². The van der Waals surface area contributed by atoms with Crippen LogP contribution < -0.4 is 11.1 Å². The van der Waals surface area contributed by atoms with Gasteiger partial charge in [0.15, 0.2) is 9.47 Å². The summed E-state index contributed by atoms with van der Waals surface area (Å²) < 4.78 is 0.693. The van der Waals surface area contributed by atoms with Crippen molar-refractivity contribution < 1.29 is 4.79 Å². The van der Waals surface area contributed by atoms with E-state index in [4.69, 9.17) is 5.73 Å². The van der Waals surface area contributed by atoms with Crippen LogP contribution in [-0.4, -0.2) is 26.3 Å². The lowest BCUT2D eigenvalue weighted by molar-refractivity contribution is -0.115. The second kappa shape index (κ2) is 7.73. The maximum Gasteiger partial charge on any atom is 0.239 e. The molecule has 0 fully saturated rings. The van der Waals surface area contributed by atoms with Gasteiger partial charge in [-0.1, -0.05) is 60.4 Å². The van der Waals surface area contributed by atoms with Crippen molar-refractivity contribution in [1.82, 2.24) is 15.2 Å². The van der Waals surface area contributed by atoms with Crippen LogP contribution >= 0.6 is 34.4 Å². The second-order valence-corrected chi connectivity index (χ2v) is 8.13. The Morgan fingerprint density at radius 3 is 2.79 bits per heavy atom. The number of carbonyl (C=O) groups is 1. The highest BCUT2D eigenvalue weighted by atomic mass is 32.2. The first-order valence-corrected chi connectivity index (χ1v) is 9.80. The highest BCUT2D eigenvalue weighted by molar-refractivity contribution is 8.02. The van der Waals surface area contributed by atoms with Crippen LogP contribution in [0.15, 0.2) is 40.1 Å². The number of amides is 1. The highest BCUT2D eigenvalue weighted by Gasteiger charge is 2.21. The van der Waals surface area contributed by atoms with Gasteiger partial charge in [-0.3, -0.25) is 4.79 Å². The van der Waals surface area contributed by atoms with Crippen molar-refractivity contribution in [2.45, 2.75) is 22.9 Å². The summed E-state index contributed by atoms with van der Waals surface area (Å²) in [7, 11) is 0. The molecule has 1 atom stereocenters. The van der Waals surface area contributed by atoms with Gasteiger partial charge in [0.1, 0.15) is 0 Å². The van der Waals surface area contributed by atoms with Gasteiger partial charge >= 0.3 is 0 Å². The minimum absolute atomic E-state index is 0.0924. The third kappa shape index (κ3) is 4.11. The second-order valence-electron chi connectivity index (χ2n) is 4.81. The summed E-state index contributed by atoms with van der Waals surface area (Å²) >= 11 is 4.07. The molecule has 1 amide bonds. The predicted octanol–water partition coefficient (Wildman–Crippen LogP) is 3.75. The average molecular weight is 378 g/mol. The molecule has 0 spiro atoms. The number of hydrogen-bond acceptors (Lipinski definition) is 8. The summed E-state index contributed by atoms with van der Waals surface area (Å²) in [6, 6.07) is 9.87. The van der Waals surface area contributed by atoms with Crippen molar-refractivity contribution in [3.05, 3.63) is 35.7 Å². The van der Waals surface area contributed by atoms with Gasteiger partial charge in [-0.05, 0) is 6.42 Å². The van der Waals surface area contributed by atoms with Gasteiger partial charge in [0.25, 0.3) is 0 Å². The Morgan fingerprint density at radius 1 is 1.33 bits per heavy atom. The van der Waals surface area contributed by atoms with Crippen molar-refractivity contribution >= 4 is 50.6 Å². The van der Waals surface area contributed by atoms with Crippen molar-refractivity contribution in [1.29, 1.82) is 0 Å². The maximum atomic E-state index is 12.5. The van der Waals surface area contributed by atoms with Crippen molar-refractivity contribution in [3.63, 3.8) is 0 Å². The van der Waals surface area contributed by atoms with E-state index in [1.807, 2.05) is 42.6 Å².